The fourth-order valence-corrected chi connectivity index (χ4v) is 2.70. The first-order valence-corrected chi connectivity index (χ1v) is 8.05. The van der Waals surface area contributed by atoms with Gasteiger partial charge < -0.3 is 0 Å². The molecule has 0 saturated heterocycles. The summed E-state index contributed by atoms with van der Waals surface area (Å²) in [6.07, 6.45) is 1.16. The molecule has 1 aromatic heterocycles. The monoisotopic (exact) mass is 397 g/mol. The second-order valence-corrected chi connectivity index (χ2v) is 5.62. The lowest BCUT2D eigenvalue weighted by Gasteiger charge is -2.05. The fourth-order valence-electron chi connectivity index (χ4n) is 2.25. The smallest absolute Gasteiger partial charge is 0.276 e. The van der Waals surface area contributed by atoms with Gasteiger partial charge in [-0.25, -0.2) is 18.0 Å². The highest BCUT2D eigenvalue weighted by Crippen LogP contribution is 2.16. The molecule has 0 spiro atoms. The van der Waals surface area contributed by atoms with Crippen LogP contribution in [0.5, 0.6) is 0 Å². The number of benzene rings is 2. The number of hydrogen-bond donors (Lipinski definition) is 0. The molecule has 3 rings (SSSR count). The van der Waals surface area contributed by atoms with Crippen LogP contribution in [0.25, 0.3) is 5.69 Å². The maximum Gasteiger partial charge on any atom is 0.350 e. The van der Waals surface area contributed by atoms with Crippen LogP contribution >= 0.6 is 15.9 Å². The Morgan fingerprint density at radius 1 is 1.04 bits per heavy atom. The van der Waals surface area contributed by atoms with Gasteiger partial charge >= 0.3 is 5.69 Å². The van der Waals surface area contributed by atoms with Crippen LogP contribution in [-0.2, 0) is 11.9 Å². The van der Waals surface area contributed by atoms with Crippen LogP contribution in [0, 0.1) is 17.5 Å². The molecule has 0 radical (unpaired) electrons. The first-order valence-electron chi connectivity index (χ1n) is 6.93. The van der Waals surface area contributed by atoms with E-state index >= 15 is 0 Å². The van der Waals surface area contributed by atoms with Crippen molar-refractivity contribution in [3.8, 4) is 5.69 Å². The van der Waals surface area contributed by atoms with Gasteiger partial charge in [-0.05, 0) is 23.8 Å². The number of hydrogen-bond acceptors (Lipinski definition) is 2. The summed E-state index contributed by atoms with van der Waals surface area (Å²) in [5.74, 6) is -1.98. The molecule has 0 saturated carbocycles. The molecule has 0 unspecified atom stereocenters. The summed E-state index contributed by atoms with van der Waals surface area (Å²) in [7, 11) is 0. The van der Waals surface area contributed by atoms with Gasteiger partial charge in [0.25, 0.3) is 0 Å². The van der Waals surface area contributed by atoms with Crippen molar-refractivity contribution in [2.45, 2.75) is 11.9 Å². The van der Waals surface area contributed by atoms with E-state index in [9.17, 15) is 18.0 Å². The van der Waals surface area contributed by atoms with Crippen LogP contribution in [0.3, 0.4) is 0 Å². The zero-order chi connectivity index (χ0) is 17.3. The molecule has 24 heavy (non-hydrogen) atoms. The summed E-state index contributed by atoms with van der Waals surface area (Å²) in [6.45, 7) is -0.306. The minimum atomic E-state index is -0.748. The van der Waals surface area contributed by atoms with Crippen molar-refractivity contribution in [3.05, 3.63) is 81.8 Å². The predicted octanol–water partition coefficient (Wildman–Crippen LogP) is 3.39. The zero-order valence-corrected chi connectivity index (χ0v) is 13.8. The van der Waals surface area contributed by atoms with Gasteiger partial charge in [-0.1, -0.05) is 28.1 Å². The Morgan fingerprint density at radius 2 is 1.75 bits per heavy atom. The molecule has 0 aliphatic rings. The first-order chi connectivity index (χ1) is 11.5. The quantitative estimate of drug-likeness (QED) is 0.633. The molecule has 4 nitrogen and oxygen atoms in total. The first kappa shape index (κ1) is 16.5. The molecule has 0 fully saturated rings. The van der Waals surface area contributed by atoms with Crippen LogP contribution in [-0.4, -0.2) is 14.3 Å². The van der Waals surface area contributed by atoms with Crippen molar-refractivity contribution in [3.63, 3.8) is 0 Å². The van der Waals surface area contributed by atoms with Crippen molar-refractivity contribution in [2.75, 3.05) is 0 Å². The molecule has 3 aromatic rings. The van der Waals surface area contributed by atoms with E-state index in [1.165, 1.54) is 18.2 Å². The zero-order valence-electron chi connectivity index (χ0n) is 12.2. The summed E-state index contributed by atoms with van der Waals surface area (Å²) in [5.41, 5.74) is -0.182. The molecule has 0 atom stereocenters. The summed E-state index contributed by atoms with van der Waals surface area (Å²) >= 11 is 3.16. The lowest BCUT2D eigenvalue weighted by molar-refractivity contribution is 0.541. The van der Waals surface area contributed by atoms with Crippen LogP contribution in [0.2, 0.25) is 0 Å². The Morgan fingerprint density at radius 3 is 2.38 bits per heavy atom. The normalized spacial score (nSPS) is 11.0. The lowest BCUT2D eigenvalue weighted by Crippen LogP contribution is -2.24. The standard InChI is InChI=1S/C16H11BrF3N3O/c17-7-10-4-5-11(6-15(10)20)23-16(24)22(9-21-23)8-12-13(18)2-1-3-14(12)19/h1-6,9H,7-8H2. The van der Waals surface area contributed by atoms with Gasteiger partial charge in [0.2, 0.25) is 0 Å². The van der Waals surface area contributed by atoms with Crippen molar-refractivity contribution in [1.29, 1.82) is 0 Å². The molecule has 8 heteroatoms. The van der Waals surface area contributed by atoms with Crippen LogP contribution < -0.4 is 5.69 Å². The van der Waals surface area contributed by atoms with Gasteiger partial charge in [0.05, 0.1) is 12.2 Å². The molecule has 2 aromatic carbocycles. The van der Waals surface area contributed by atoms with Gasteiger partial charge in [-0.15, -0.1) is 0 Å². The summed E-state index contributed by atoms with van der Waals surface area (Å²) in [4.78, 5) is 12.3. The average molecular weight is 398 g/mol. The van der Waals surface area contributed by atoms with Crippen molar-refractivity contribution in [2.24, 2.45) is 0 Å². The van der Waals surface area contributed by atoms with E-state index in [0.29, 0.717) is 10.9 Å². The van der Waals surface area contributed by atoms with Gasteiger partial charge in [0, 0.05) is 17.0 Å². The Labute approximate surface area is 143 Å². The summed E-state index contributed by atoms with van der Waals surface area (Å²) in [5, 5.41) is 4.22. The molecule has 0 N–H and O–H groups in total. The van der Waals surface area contributed by atoms with Gasteiger partial charge in [-0.2, -0.15) is 9.78 Å². The van der Waals surface area contributed by atoms with E-state index in [1.807, 2.05) is 0 Å². The Hall–Kier alpha value is -2.35. The maximum atomic E-state index is 13.8. The fraction of sp³-hybridized carbons (Fsp3) is 0.125. The summed E-state index contributed by atoms with van der Waals surface area (Å²) in [6, 6.07) is 7.72. The Kier molecular flexibility index (Phi) is 4.57. The topological polar surface area (TPSA) is 39.8 Å². The molecule has 124 valence electrons. The number of halogens is 4. The second kappa shape index (κ2) is 6.64. The lowest BCUT2D eigenvalue weighted by atomic mass is 10.2. The van der Waals surface area contributed by atoms with Crippen LogP contribution in [0.4, 0.5) is 13.2 Å². The largest absolute Gasteiger partial charge is 0.350 e. The van der Waals surface area contributed by atoms with E-state index in [0.717, 1.165) is 27.7 Å². The van der Waals surface area contributed by atoms with Gasteiger partial charge in [0.1, 0.15) is 23.8 Å². The maximum absolute atomic E-state index is 13.8. The minimum Gasteiger partial charge on any atom is -0.276 e. The van der Waals surface area contributed by atoms with Crippen molar-refractivity contribution >= 4 is 15.9 Å². The van der Waals surface area contributed by atoms with E-state index in [2.05, 4.69) is 21.0 Å². The van der Waals surface area contributed by atoms with Crippen molar-refractivity contribution < 1.29 is 13.2 Å². The molecule has 1 heterocycles. The number of alkyl halides is 1. The van der Waals surface area contributed by atoms with Gasteiger partial charge in [-0.3, -0.25) is 4.57 Å². The molecular weight excluding hydrogens is 387 g/mol. The van der Waals surface area contributed by atoms with E-state index in [-0.39, 0.29) is 17.8 Å². The van der Waals surface area contributed by atoms with E-state index in [1.54, 1.807) is 6.07 Å². The molecule has 0 aliphatic carbocycles. The Balaban J connectivity index is 1.98. The third kappa shape index (κ3) is 3.01. The highest BCUT2D eigenvalue weighted by atomic mass is 79.9. The number of nitrogens with zero attached hydrogens (tertiary/aromatic N) is 3. The Bertz CT molecular complexity index is 932. The molecule has 0 amide bonds. The predicted molar refractivity (Wildman–Crippen MR) is 85.9 cm³/mol. The molecule has 0 bridgehead atoms. The third-order valence-electron chi connectivity index (χ3n) is 3.55. The average Bonchev–Trinajstić information content (AvgIpc) is 2.92. The van der Waals surface area contributed by atoms with Crippen LogP contribution in [0.1, 0.15) is 11.1 Å². The SMILES string of the molecule is O=c1n(Cc2c(F)cccc2F)cnn1-c1ccc(CBr)c(F)c1. The van der Waals surface area contributed by atoms with E-state index < -0.39 is 23.1 Å². The number of aromatic nitrogens is 3. The second-order valence-electron chi connectivity index (χ2n) is 5.06. The highest BCUT2D eigenvalue weighted by Gasteiger charge is 2.14. The minimum absolute atomic E-state index is 0.231. The molecule has 0 aliphatic heterocycles. The van der Waals surface area contributed by atoms with Crippen molar-refractivity contribution in [1.82, 2.24) is 14.3 Å². The van der Waals surface area contributed by atoms with E-state index in [4.69, 9.17) is 0 Å². The molecular formula is C16H11BrF3N3O. The van der Waals surface area contributed by atoms with Gasteiger partial charge in [0.15, 0.2) is 0 Å². The number of rotatable bonds is 4. The van der Waals surface area contributed by atoms with Crippen LogP contribution in [0.15, 0.2) is 47.5 Å². The summed E-state index contributed by atoms with van der Waals surface area (Å²) < 4.78 is 43.3. The highest BCUT2D eigenvalue weighted by molar-refractivity contribution is 9.08. The third-order valence-corrected chi connectivity index (χ3v) is 4.15.